The molecule has 2 rings (SSSR count). The van der Waals surface area contributed by atoms with E-state index in [0.717, 1.165) is 0 Å². The second-order valence-corrected chi connectivity index (χ2v) is 3.69. The van der Waals surface area contributed by atoms with Crippen LogP contribution in [-0.4, -0.2) is 14.8 Å². The Morgan fingerprint density at radius 2 is 2.12 bits per heavy atom. The molecule has 0 amide bonds. The molecule has 1 heterocycles. The summed E-state index contributed by atoms with van der Waals surface area (Å²) in [5.41, 5.74) is 11.1. The minimum absolute atomic E-state index is 0.0249. The predicted octanol–water partition coefficient (Wildman–Crippen LogP) is 1.56. The van der Waals surface area contributed by atoms with Crippen molar-refractivity contribution in [3.8, 4) is 11.8 Å². The van der Waals surface area contributed by atoms with Gasteiger partial charge in [0.1, 0.15) is 11.3 Å². The molecule has 0 atom stereocenters. The standard InChI is InChI=1S/C9H9ClFN5O/c1-16-3-14-9(15-16)17-8-5(13)2-4(12)6(10)7(8)11/h2-3H,12-13H2,1H3. The van der Waals surface area contributed by atoms with Crippen molar-refractivity contribution in [2.45, 2.75) is 0 Å². The fourth-order valence-corrected chi connectivity index (χ4v) is 1.35. The number of nitrogen functional groups attached to an aromatic ring is 2. The Bertz CT molecular complexity index is 571. The highest BCUT2D eigenvalue weighted by Crippen LogP contribution is 2.37. The average molecular weight is 258 g/mol. The van der Waals surface area contributed by atoms with E-state index in [-0.39, 0.29) is 28.2 Å². The third-order valence-electron chi connectivity index (χ3n) is 1.99. The summed E-state index contributed by atoms with van der Waals surface area (Å²) in [5, 5.41) is 3.58. The van der Waals surface area contributed by atoms with Crippen LogP contribution in [0.2, 0.25) is 5.02 Å². The van der Waals surface area contributed by atoms with Gasteiger partial charge in [-0.1, -0.05) is 11.6 Å². The predicted molar refractivity (Wildman–Crippen MR) is 61.3 cm³/mol. The van der Waals surface area contributed by atoms with E-state index in [1.807, 2.05) is 0 Å². The van der Waals surface area contributed by atoms with Crippen molar-refractivity contribution in [2.24, 2.45) is 7.05 Å². The Hall–Kier alpha value is -2.02. The van der Waals surface area contributed by atoms with Gasteiger partial charge in [-0.25, -0.2) is 4.39 Å². The molecule has 0 saturated heterocycles. The highest BCUT2D eigenvalue weighted by atomic mass is 35.5. The SMILES string of the molecule is Cn1cnc(Oc2c(N)cc(N)c(Cl)c2F)n1. The molecule has 1 aromatic heterocycles. The summed E-state index contributed by atoms with van der Waals surface area (Å²) in [6.45, 7) is 0. The number of ether oxygens (including phenoxy) is 1. The smallest absolute Gasteiger partial charge is 0.341 e. The lowest BCUT2D eigenvalue weighted by Crippen LogP contribution is -2.00. The highest BCUT2D eigenvalue weighted by molar-refractivity contribution is 6.33. The largest absolute Gasteiger partial charge is 0.418 e. The molecule has 0 unspecified atom stereocenters. The van der Waals surface area contributed by atoms with E-state index in [0.29, 0.717) is 0 Å². The van der Waals surface area contributed by atoms with Gasteiger partial charge in [0, 0.05) is 7.05 Å². The van der Waals surface area contributed by atoms with Crippen LogP contribution in [0.5, 0.6) is 11.8 Å². The first-order valence-electron chi connectivity index (χ1n) is 4.55. The molecule has 0 saturated carbocycles. The molecule has 6 nitrogen and oxygen atoms in total. The minimum Gasteiger partial charge on any atom is -0.418 e. The molecular weight excluding hydrogens is 249 g/mol. The Labute approximate surface area is 101 Å². The lowest BCUT2D eigenvalue weighted by Gasteiger charge is -2.09. The van der Waals surface area contributed by atoms with Gasteiger partial charge < -0.3 is 16.2 Å². The van der Waals surface area contributed by atoms with Crippen LogP contribution in [0.1, 0.15) is 0 Å². The van der Waals surface area contributed by atoms with Crippen molar-refractivity contribution in [2.75, 3.05) is 11.5 Å². The van der Waals surface area contributed by atoms with Crippen LogP contribution in [0.15, 0.2) is 12.4 Å². The number of hydrogen-bond donors (Lipinski definition) is 2. The molecule has 90 valence electrons. The second kappa shape index (κ2) is 4.10. The molecule has 0 aliphatic heterocycles. The molecule has 0 bridgehead atoms. The summed E-state index contributed by atoms with van der Waals surface area (Å²) in [5.74, 6) is -1.08. The molecule has 2 aromatic rings. The Morgan fingerprint density at radius 3 is 2.71 bits per heavy atom. The first-order chi connectivity index (χ1) is 7.99. The number of nitrogens with zero attached hydrogens (tertiary/aromatic N) is 3. The van der Waals surface area contributed by atoms with Gasteiger partial charge >= 0.3 is 6.01 Å². The third-order valence-corrected chi connectivity index (χ3v) is 2.37. The zero-order chi connectivity index (χ0) is 12.6. The van der Waals surface area contributed by atoms with Crippen LogP contribution in [-0.2, 0) is 7.05 Å². The van der Waals surface area contributed by atoms with Gasteiger partial charge in [-0.05, 0) is 6.07 Å². The topological polar surface area (TPSA) is 92.0 Å². The summed E-state index contributed by atoms with van der Waals surface area (Å²) in [6, 6.07) is 1.28. The van der Waals surface area contributed by atoms with Gasteiger partial charge in [-0.3, -0.25) is 4.68 Å². The van der Waals surface area contributed by atoms with Gasteiger partial charge in [0.15, 0.2) is 11.6 Å². The summed E-state index contributed by atoms with van der Waals surface area (Å²) < 4.78 is 20.3. The van der Waals surface area contributed by atoms with Crippen molar-refractivity contribution in [1.29, 1.82) is 0 Å². The van der Waals surface area contributed by atoms with Crippen molar-refractivity contribution in [3.05, 3.63) is 23.2 Å². The molecule has 0 radical (unpaired) electrons. The zero-order valence-electron chi connectivity index (χ0n) is 8.82. The van der Waals surface area contributed by atoms with E-state index in [1.54, 1.807) is 7.05 Å². The normalized spacial score (nSPS) is 10.5. The number of halogens is 2. The van der Waals surface area contributed by atoms with Crippen molar-refractivity contribution < 1.29 is 9.13 Å². The fraction of sp³-hybridized carbons (Fsp3) is 0.111. The van der Waals surface area contributed by atoms with Crippen molar-refractivity contribution >= 4 is 23.0 Å². The average Bonchev–Trinajstić information content (AvgIpc) is 2.67. The van der Waals surface area contributed by atoms with E-state index in [9.17, 15) is 4.39 Å². The van der Waals surface area contributed by atoms with E-state index in [2.05, 4.69) is 10.1 Å². The number of rotatable bonds is 2. The van der Waals surface area contributed by atoms with Crippen LogP contribution in [0.4, 0.5) is 15.8 Å². The number of nitrogens with two attached hydrogens (primary N) is 2. The van der Waals surface area contributed by atoms with Gasteiger partial charge in [0.05, 0.1) is 11.4 Å². The summed E-state index contributed by atoms with van der Waals surface area (Å²) in [7, 11) is 1.65. The number of aromatic nitrogens is 3. The fourth-order valence-electron chi connectivity index (χ4n) is 1.21. The van der Waals surface area contributed by atoms with Gasteiger partial charge in [0.25, 0.3) is 0 Å². The van der Waals surface area contributed by atoms with Crippen LogP contribution in [0.3, 0.4) is 0 Å². The van der Waals surface area contributed by atoms with Crippen LogP contribution in [0, 0.1) is 5.82 Å². The van der Waals surface area contributed by atoms with Crippen LogP contribution < -0.4 is 16.2 Å². The second-order valence-electron chi connectivity index (χ2n) is 3.31. The summed E-state index contributed by atoms with van der Waals surface area (Å²) in [4.78, 5) is 3.78. The van der Waals surface area contributed by atoms with Gasteiger partial charge in [-0.2, -0.15) is 4.98 Å². The zero-order valence-corrected chi connectivity index (χ0v) is 9.57. The molecule has 0 spiro atoms. The molecular formula is C9H9ClFN5O. The molecule has 0 aliphatic rings. The Balaban J connectivity index is 2.42. The minimum atomic E-state index is -0.836. The van der Waals surface area contributed by atoms with E-state index < -0.39 is 5.82 Å². The first kappa shape index (κ1) is 11.5. The molecule has 4 N–H and O–H groups in total. The van der Waals surface area contributed by atoms with Gasteiger partial charge in [-0.15, -0.1) is 5.10 Å². The van der Waals surface area contributed by atoms with E-state index in [1.165, 1.54) is 17.1 Å². The van der Waals surface area contributed by atoms with Crippen LogP contribution in [0.25, 0.3) is 0 Å². The molecule has 0 aliphatic carbocycles. The summed E-state index contributed by atoms with van der Waals surface area (Å²) >= 11 is 5.64. The first-order valence-corrected chi connectivity index (χ1v) is 4.93. The number of anilines is 2. The molecule has 17 heavy (non-hydrogen) atoms. The van der Waals surface area contributed by atoms with Crippen LogP contribution >= 0.6 is 11.6 Å². The Kier molecular flexibility index (Phi) is 2.76. The monoisotopic (exact) mass is 257 g/mol. The molecule has 1 aromatic carbocycles. The lowest BCUT2D eigenvalue weighted by atomic mass is 10.2. The maximum absolute atomic E-state index is 13.7. The van der Waals surface area contributed by atoms with Crippen molar-refractivity contribution in [3.63, 3.8) is 0 Å². The molecule has 0 fully saturated rings. The van der Waals surface area contributed by atoms with Crippen molar-refractivity contribution in [1.82, 2.24) is 14.8 Å². The third kappa shape index (κ3) is 2.09. The van der Waals surface area contributed by atoms with E-state index >= 15 is 0 Å². The Morgan fingerprint density at radius 1 is 1.41 bits per heavy atom. The number of hydrogen-bond acceptors (Lipinski definition) is 5. The molecule has 8 heteroatoms. The number of benzene rings is 1. The number of aryl methyl sites for hydroxylation is 1. The summed E-state index contributed by atoms with van der Waals surface area (Å²) in [6.07, 6.45) is 1.41. The van der Waals surface area contributed by atoms with E-state index in [4.69, 9.17) is 27.8 Å². The quantitative estimate of drug-likeness (QED) is 0.797. The lowest BCUT2D eigenvalue weighted by molar-refractivity contribution is 0.411. The maximum Gasteiger partial charge on any atom is 0.341 e. The highest BCUT2D eigenvalue weighted by Gasteiger charge is 2.17. The maximum atomic E-state index is 13.7. The van der Waals surface area contributed by atoms with Gasteiger partial charge in [0.2, 0.25) is 0 Å².